The van der Waals surface area contributed by atoms with Crippen LogP contribution in [0.25, 0.3) is 0 Å². The van der Waals surface area contributed by atoms with Gasteiger partial charge in [0, 0.05) is 6.54 Å². The summed E-state index contributed by atoms with van der Waals surface area (Å²) in [4.78, 5) is 0. The summed E-state index contributed by atoms with van der Waals surface area (Å²) in [5, 5.41) is 0. The van der Waals surface area contributed by atoms with Gasteiger partial charge in [-0.15, -0.1) is 0 Å². The quantitative estimate of drug-likeness (QED) is 0.891. The summed E-state index contributed by atoms with van der Waals surface area (Å²) in [6.07, 6.45) is 0. The van der Waals surface area contributed by atoms with Gasteiger partial charge in [-0.1, -0.05) is 36.4 Å². The van der Waals surface area contributed by atoms with E-state index in [1.54, 1.807) is 37.3 Å². The second kappa shape index (κ2) is 6.24. The SMILES string of the molecule is Cc1cccc(F)c1NS(=O)(=O)Cc1ccc(CN)cc1. The summed E-state index contributed by atoms with van der Waals surface area (Å²) in [5.74, 6) is -0.803. The maximum absolute atomic E-state index is 13.7. The number of halogens is 1. The first-order valence-corrected chi connectivity index (χ1v) is 8.10. The molecule has 2 rings (SSSR count). The minimum Gasteiger partial charge on any atom is -0.326 e. The van der Waals surface area contributed by atoms with Crippen LogP contribution in [0.5, 0.6) is 0 Å². The highest BCUT2D eigenvalue weighted by Crippen LogP contribution is 2.21. The van der Waals surface area contributed by atoms with Crippen LogP contribution < -0.4 is 10.5 Å². The molecule has 0 saturated carbocycles. The Kier molecular flexibility index (Phi) is 4.59. The van der Waals surface area contributed by atoms with E-state index in [1.807, 2.05) is 0 Å². The van der Waals surface area contributed by atoms with Gasteiger partial charge in [0.2, 0.25) is 10.0 Å². The number of hydrogen-bond donors (Lipinski definition) is 2. The van der Waals surface area contributed by atoms with Gasteiger partial charge in [0.25, 0.3) is 0 Å². The molecule has 0 atom stereocenters. The van der Waals surface area contributed by atoms with Crippen molar-refractivity contribution in [3.8, 4) is 0 Å². The molecular weight excluding hydrogens is 291 g/mol. The van der Waals surface area contributed by atoms with Crippen molar-refractivity contribution < 1.29 is 12.8 Å². The van der Waals surface area contributed by atoms with Gasteiger partial charge < -0.3 is 5.73 Å². The topological polar surface area (TPSA) is 72.2 Å². The molecule has 0 heterocycles. The Morgan fingerprint density at radius 2 is 1.71 bits per heavy atom. The number of aryl methyl sites for hydroxylation is 1. The number of sulfonamides is 1. The van der Waals surface area contributed by atoms with E-state index in [4.69, 9.17) is 5.73 Å². The van der Waals surface area contributed by atoms with Gasteiger partial charge in [0.1, 0.15) is 5.82 Å². The molecule has 0 aromatic heterocycles. The average Bonchev–Trinajstić information content (AvgIpc) is 2.43. The second-order valence-electron chi connectivity index (χ2n) is 4.81. The lowest BCUT2D eigenvalue weighted by atomic mass is 10.1. The van der Waals surface area contributed by atoms with Gasteiger partial charge in [-0.2, -0.15) is 0 Å². The van der Waals surface area contributed by atoms with Crippen LogP contribution in [0.2, 0.25) is 0 Å². The summed E-state index contributed by atoms with van der Waals surface area (Å²) in [6, 6.07) is 11.4. The van der Waals surface area contributed by atoms with Gasteiger partial charge in [-0.05, 0) is 29.7 Å². The molecule has 6 heteroatoms. The van der Waals surface area contributed by atoms with Crippen molar-refractivity contribution in [2.45, 2.75) is 19.2 Å². The molecule has 0 fully saturated rings. The average molecular weight is 308 g/mol. The first kappa shape index (κ1) is 15.5. The summed E-state index contributed by atoms with van der Waals surface area (Å²) in [7, 11) is -3.67. The number of nitrogens with two attached hydrogens (primary N) is 1. The molecule has 0 bridgehead atoms. The summed E-state index contributed by atoms with van der Waals surface area (Å²) < 4.78 is 40.2. The number of benzene rings is 2. The Balaban J connectivity index is 2.18. The van der Waals surface area contributed by atoms with Crippen molar-refractivity contribution in [3.63, 3.8) is 0 Å². The Bertz CT molecular complexity index is 708. The zero-order chi connectivity index (χ0) is 15.5. The maximum atomic E-state index is 13.7. The van der Waals surface area contributed by atoms with Gasteiger partial charge >= 0.3 is 0 Å². The third kappa shape index (κ3) is 4.03. The standard InChI is InChI=1S/C15H17FN2O2S/c1-11-3-2-4-14(16)15(11)18-21(19,20)10-13-7-5-12(9-17)6-8-13/h2-8,18H,9-10,17H2,1H3. The van der Waals surface area contributed by atoms with Gasteiger partial charge in [-0.3, -0.25) is 4.72 Å². The van der Waals surface area contributed by atoms with Crippen molar-refractivity contribution in [2.24, 2.45) is 5.73 Å². The van der Waals surface area contributed by atoms with Gasteiger partial charge in [0.15, 0.2) is 0 Å². The van der Waals surface area contributed by atoms with Crippen LogP contribution in [-0.2, 0) is 22.3 Å². The smallest absolute Gasteiger partial charge is 0.237 e. The van der Waals surface area contributed by atoms with Crippen molar-refractivity contribution >= 4 is 15.7 Å². The molecule has 0 spiro atoms. The summed E-state index contributed by atoms with van der Waals surface area (Å²) in [6.45, 7) is 2.05. The predicted octanol–water partition coefficient (Wildman–Crippen LogP) is 2.53. The minimum atomic E-state index is -3.67. The molecule has 2 aromatic carbocycles. The Morgan fingerprint density at radius 3 is 2.29 bits per heavy atom. The van der Waals surface area contributed by atoms with Crippen molar-refractivity contribution in [3.05, 3.63) is 65.0 Å². The lowest BCUT2D eigenvalue weighted by molar-refractivity contribution is 0.597. The molecule has 0 aliphatic rings. The highest BCUT2D eigenvalue weighted by molar-refractivity contribution is 7.91. The fourth-order valence-electron chi connectivity index (χ4n) is 1.94. The molecule has 0 amide bonds. The first-order valence-electron chi connectivity index (χ1n) is 6.45. The molecule has 0 saturated heterocycles. The Labute approximate surface area is 123 Å². The molecule has 112 valence electrons. The molecule has 0 unspecified atom stereocenters. The van der Waals surface area contributed by atoms with E-state index in [0.29, 0.717) is 17.7 Å². The normalized spacial score (nSPS) is 11.4. The number of rotatable bonds is 5. The van der Waals surface area contributed by atoms with Crippen LogP contribution >= 0.6 is 0 Å². The highest BCUT2D eigenvalue weighted by atomic mass is 32.2. The first-order chi connectivity index (χ1) is 9.91. The van der Waals surface area contributed by atoms with E-state index in [9.17, 15) is 12.8 Å². The molecular formula is C15H17FN2O2S. The van der Waals surface area contributed by atoms with Crippen LogP contribution in [0.4, 0.5) is 10.1 Å². The monoisotopic (exact) mass is 308 g/mol. The second-order valence-corrected chi connectivity index (χ2v) is 6.54. The van der Waals surface area contributed by atoms with E-state index in [1.165, 1.54) is 12.1 Å². The molecule has 0 aliphatic heterocycles. The van der Waals surface area contributed by atoms with E-state index in [0.717, 1.165) is 5.56 Å². The molecule has 0 radical (unpaired) electrons. The van der Waals surface area contributed by atoms with Gasteiger partial charge in [-0.25, -0.2) is 12.8 Å². The molecule has 21 heavy (non-hydrogen) atoms. The van der Waals surface area contributed by atoms with E-state index >= 15 is 0 Å². The van der Waals surface area contributed by atoms with Crippen LogP contribution in [0.1, 0.15) is 16.7 Å². The Morgan fingerprint density at radius 1 is 1.10 bits per heavy atom. The molecule has 0 aliphatic carbocycles. The molecule has 3 N–H and O–H groups in total. The lowest BCUT2D eigenvalue weighted by Gasteiger charge is -2.11. The maximum Gasteiger partial charge on any atom is 0.237 e. The fourth-order valence-corrected chi connectivity index (χ4v) is 3.22. The molecule has 2 aromatic rings. The number of anilines is 1. The lowest BCUT2D eigenvalue weighted by Crippen LogP contribution is -2.16. The summed E-state index contributed by atoms with van der Waals surface area (Å²) in [5.41, 5.74) is 7.57. The zero-order valence-electron chi connectivity index (χ0n) is 11.6. The largest absolute Gasteiger partial charge is 0.326 e. The number of nitrogens with one attached hydrogen (secondary N) is 1. The van der Waals surface area contributed by atoms with Crippen LogP contribution in [0.3, 0.4) is 0 Å². The third-order valence-electron chi connectivity index (χ3n) is 3.09. The van der Waals surface area contributed by atoms with E-state index in [2.05, 4.69) is 4.72 Å². The Hall–Kier alpha value is -1.92. The predicted molar refractivity (Wildman–Crippen MR) is 81.7 cm³/mol. The fraction of sp³-hybridized carbons (Fsp3) is 0.200. The highest BCUT2D eigenvalue weighted by Gasteiger charge is 2.15. The van der Waals surface area contributed by atoms with E-state index in [-0.39, 0.29) is 11.4 Å². The number of para-hydroxylation sites is 1. The van der Waals surface area contributed by atoms with Crippen LogP contribution in [0.15, 0.2) is 42.5 Å². The molecule has 4 nitrogen and oxygen atoms in total. The van der Waals surface area contributed by atoms with E-state index < -0.39 is 15.8 Å². The van der Waals surface area contributed by atoms with Gasteiger partial charge in [0.05, 0.1) is 11.4 Å². The summed E-state index contributed by atoms with van der Waals surface area (Å²) >= 11 is 0. The van der Waals surface area contributed by atoms with Crippen LogP contribution in [-0.4, -0.2) is 8.42 Å². The third-order valence-corrected chi connectivity index (χ3v) is 4.32. The van der Waals surface area contributed by atoms with Crippen LogP contribution in [0, 0.1) is 12.7 Å². The zero-order valence-corrected chi connectivity index (χ0v) is 12.5. The van der Waals surface area contributed by atoms with Crippen molar-refractivity contribution in [1.82, 2.24) is 0 Å². The minimum absolute atomic E-state index is 0.00363. The number of hydrogen-bond acceptors (Lipinski definition) is 3. The van der Waals surface area contributed by atoms with Crippen molar-refractivity contribution in [1.29, 1.82) is 0 Å². The van der Waals surface area contributed by atoms with Crippen molar-refractivity contribution in [2.75, 3.05) is 4.72 Å².